The quantitative estimate of drug-likeness (QED) is 0.737. The fourth-order valence-electron chi connectivity index (χ4n) is 3.25. The van der Waals surface area contributed by atoms with Gasteiger partial charge in [-0.05, 0) is 11.6 Å². The molecule has 1 aromatic carbocycles. The summed E-state index contributed by atoms with van der Waals surface area (Å²) in [4.78, 5) is 11.2. The third kappa shape index (κ3) is 2.09. The lowest BCUT2D eigenvalue weighted by molar-refractivity contribution is -0.139. The van der Waals surface area contributed by atoms with E-state index in [9.17, 15) is 4.79 Å². The molecular weight excluding hydrogens is 244 g/mol. The van der Waals surface area contributed by atoms with E-state index in [-0.39, 0.29) is 18.3 Å². The van der Waals surface area contributed by atoms with Crippen molar-refractivity contribution < 1.29 is 14.6 Å². The van der Waals surface area contributed by atoms with Crippen molar-refractivity contribution in [2.24, 2.45) is 11.7 Å². The van der Waals surface area contributed by atoms with E-state index in [1.165, 1.54) is 0 Å². The highest BCUT2D eigenvalue weighted by Gasteiger charge is 2.48. The number of carbonyl (C=O) groups is 1. The number of hydrogen-bond donors (Lipinski definition) is 3. The number of aliphatic carboxylic acids is 1. The van der Waals surface area contributed by atoms with Crippen molar-refractivity contribution in [3.05, 3.63) is 29.8 Å². The summed E-state index contributed by atoms with van der Waals surface area (Å²) >= 11 is 0. The Bertz CT molecular complexity index is 505. The largest absolute Gasteiger partial charge is 0.481 e. The van der Waals surface area contributed by atoms with Crippen molar-refractivity contribution >= 4 is 5.97 Å². The molecule has 3 atom stereocenters. The molecule has 5 nitrogen and oxygen atoms in total. The second-order valence-corrected chi connectivity index (χ2v) is 5.36. The Labute approximate surface area is 111 Å². The topological polar surface area (TPSA) is 84.6 Å². The number of nitrogens with one attached hydrogen (secondary N) is 1. The SMILES string of the molecule is NC12CCNCC1C(CC(=O)O)c1ccccc1O2. The molecule has 2 aliphatic heterocycles. The Balaban J connectivity index is 2.04. The van der Waals surface area contributed by atoms with E-state index >= 15 is 0 Å². The minimum Gasteiger partial charge on any atom is -0.481 e. The predicted octanol–water partition coefficient (Wildman–Crippen LogP) is 0.902. The number of fused-ring (bicyclic) bond motifs is 2. The summed E-state index contributed by atoms with van der Waals surface area (Å²) in [5.41, 5.74) is 6.60. The highest BCUT2D eigenvalue weighted by Crippen LogP contribution is 2.46. The Morgan fingerprint density at radius 3 is 3.11 bits per heavy atom. The van der Waals surface area contributed by atoms with Crippen LogP contribution in [0.25, 0.3) is 0 Å². The van der Waals surface area contributed by atoms with Crippen LogP contribution in [0, 0.1) is 5.92 Å². The highest BCUT2D eigenvalue weighted by atomic mass is 16.5. The van der Waals surface area contributed by atoms with Gasteiger partial charge in [-0.15, -0.1) is 0 Å². The van der Waals surface area contributed by atoms with Gasteiger partial charge in [-0.25, -0.2) is 0 Å². The van der Waals surface area contributed by atoms with E-state index in [1.54, 1.807) is 0 Å². The number of benzene rings is 1. The van der Waals surface area contributed by atoms with Gasteiger partial charge < -0.3 is 15.2 Å². The molecular formula is C14H18N2O3. The molecule has 1 fully saturated rings. The maximum absolute atomic E-state index is 11.2. The van der Waals surface area contributed by atoms with Gasteiger partial charge in [0.2, 0.25) is 0 Å². The van der Waals surface area contributed by atoms with Crippen LogP contribution in [-0.2, 0) is 4.79 Å². The molecule has 2 heterocycles. The third-order valence-electron chi connectivity index (χ3n) is 4.18. The normalized spacial score (nSPS) is 32.9. The van der Waals surface area contributed by atoms with Gasteiger partial charge in [-0.1, -0.05) is 18.2 Å². The third-order valence-corrected chi connectivity index (χ3v) is 4.18. The van der Waals surface area contributed by atoms with Crippen LogP contribution in [-0.4, -0.2) is 29.9 Å². The molecule has 0 saturated carbocycles. The van der Waals surface area contributed by atoms with Gasteiger partial charge >= 0.3 is 5.97 Å². The van der Waals surface area contributed by atoms with Crippen LogP contribution in [0.3, 0.4) is 0 Å². The summed E-state index contributed by atoms with van der Waals surface area (Å²) in [6, 6.07) is 7.62. The molecule has 102 valence electrons. The summed E-state index contributed by atoms with van der Waals surface area (Å²) in [5.74, 6) is -0.170. The summed E-state index contributed by atoms with van der Waals surface area (Å²) in [5, 5.41) is 12.5. The fraction of sp³-hybridized carbons (Fsp3) is 0.500. The second kappa shape index (κ2) is 4.51. The molecule has 0 aromatic heterocycles. The van der Waals surface area contributed by atoms with Crippen molar-refractivity contribution in [3.8, 4) is 5.75 Å². The zero-order valence-electron chi connectivity index (χ0n) is 10.6. The Kier molecular flexibility index (Phi) is 2.95. The number of para-hydroxylation sites is 1. The number of carboxylic acid groups (broad SMARTS) is 1. The van der Waals surface area contributed by atoms with E-state index in [2.05, 4.69) is 5.32 Å². The number of carboxylic acids is 1. The molecule has 4 N–H and O–H groups in total. The first-order valence-corrected chi connectivity index (χ1v) is 6.59. The first-order chi connectivity index (χ1) is 9.10. The monoisotopic (exact) mass is 262 g/mol. The van der Waals surface area contributed by atoms with Crippen molar-refractivity contribution in [2.45, 2.75) is 24.5 Å². The molecule has 5 heteroatoms. The van der Waals surface area contributed by atoms with Crippen LogP contribution in [0.1, 0.15) is 24.3 Å². The molecule has 0 bridgehead atoms. The molecule has 0 spiro atoms. The number of nitrogens with two attached hydrogens (primary N) is 1. The second-order valence-electron chi connectivity index (χ2n) is 5.36. The van der Waals surface area contributed by atoms with Crippen molar-refractivity contribution in [1.29, 1.82) is 0 Å². The maximum atomic E-state index is 11.2. The molecule has 0 aliphatic carbocycles. The molecule has 1 aromatic rings. The van der Waals surface area contributed by atoms with E-state index in [0.717, 1.165) is 17.9 Å². The van der Waals surface area contributed by atoms with E-state index in [4.69, 9.17) is 15.6 Å². The average molecular weight is 262 g/mol. The van der Waals surface area contributed by atoms with E-state index in [1.807, 2.05) is 24.3 Å². The lowest BCUT2D eigenvalue weighted by atomic mass is 9.72. The molecule has 19 heavy (non-hydrogen) atoms. The molecule has 0 radical (unpaired) electrons. The number of rotatable bonds is 2. The Hall–Kier alpha value is -1.59. The van der Waals surface area contributed by atoms with Crippen LogP contribution < -0.4 is 15.8 Å². The first kappa shape index (κ1) is 12.4. The van der Waals surface area contributed by atoms with Crippen molar-refractivity contribution in [2.75, 3.05) is 13.1 Å². The Morgan fingerprint density at radius 2 is 2.32 bits per heavy atom. The molecule has 2 aliphatic rings. The summed E-state index contributed by atoms with van der Waals surface area (Å²) in [6.07, 6.45) is 0.786. The number of ether oxygens (including phenoxy) is 1. The summed E-state index contributed by atoms with van der Waals surface area (Å²) in [6.45, 7) is 1.50. The first-order valence-electron chi connectivity index (χ1n) is 6.59. The number of piperidine rings is 1. The Morgan fingerprint density at radius 1 is 1.53 bits per heavy atom. The van der Waals surface area contributed by atoms with E-state index < -0.39 is 11.7 Å². The van der Waals surface area contributed by atoms with Gasteiger partial charge in [0.05, 0.1) is 6.42 Å². The maximum Gasteiger partial charge on any atom is 0.303 e. The smallest absolute Gasteiger partial charge is 0.303 e. The van der Waals surface area contributed by atoms with Crippen LogP contribution >= 0.6 is 0 Å². The summed E-state index contributed by atoms with van der Waals surface area (Å²) < 4.78 is 5.98. The highest BCUT2D eigenvalue weighted by molar-refractivity contribution is 5.68. The van der Waals surface area contributed by atoms with Gasteiger partial charge in [0.1, 0.15) is 5.75 Å². The lowest BCUT2D eigenvalue weighted by Gasteiger charge is -2.48. The van der Waals surface area contributed by atoms with E-state index in [0.29, 0.717) is 13.0 Å². The zero-order valence-corrected chi connectivity index (χ0v) is 10.6. The standard InChI is InChI=1S/C14H18N2O3/c15-14-5-6-16-8-11(14)10(7-13(17)18)9-3-1-2-4-12(9)19-14/h1-4,10-11,16H,5-8,15H2,(H,17,18). The van der Waals surface area contributed by atoms with Gasteiger partial charge in [0.25, 0.3) is 0 Å². The molecule has 0 amide bonds. The average Bonchev–Trinajstić information content (AvgIpc) is 2.37. The van der Waals surface area contributed by atoms with Gasteiger partial charge in [-0.2, -0.15) is 0 Å². The fourth-order valence-corrected chi connectivity index (χ4v) is 3.25. The van der Waals surface area contributed by atoms with Crippen LogP contribution in [0.15, 0.2) is 24.3 Å². The molecule has 3 rings (SSSR count). The van der Waals surface area contributed by atoms with Crippen LogP contribution in [0.2, 0.25) is 0 Å². The van der Waals surface area contributed by atoms with Gasteiger partial charge in [0, 0.05) is 31.3 Å². The van der Waals surface area contributed by atoms with Crippen LogP contribution in [0.4, 0.5) is 0 Å². The minimum absolute atomic E-state index is 0.00718. The van der Waals surface area contributed by atoms with Crippen molar-refractivity contribution in [3.63, 3.8) is 0 Å². The predicted molar refractivity (Wildman–Crippen MR) is 70.0 cm³/mol. The van der Waals surface area contributed by atoms with Crippen LogP contribution in [0.5, 0.6) is 5.75 Å². The molecule has 1 saturated heterocycles. The zero-order chi connectivity index (χ0) is 13.5. The summed E-state index contributed by atoms with van der Waals surface area (Å²) in [7, 11) is 0. The van der Waals surface area contributed by atoms with Gasteiger partial charge in [-0.3, -0.25) is 10.5 Å². The van der Waals surface area contributed by atoms with Gasteiger partial charge in [0.15, 0.2) is 5.72 Å². The molecule has 3 unspecified atom stereocenters. The number of hydrogen-bond acceptors (Lipinski definition) is 4. The van der Waals surface area contributed by atoms with Crippen molar-refractivity contribution in [1.82, 2.24) is 5.32 Å². The lowest BCUT2D eigenvalue weighted by Crippen LogP contribution is -2.63. The minimum atomic E-state index is -0.797.